The van der Waals surface area contributed by atoms with Crippen molar-refractivity contribution in [2.45, 2.75) is 0 Å². The zero-order chi connectivity index (χ0) is 12.6. The van der Waals surface area contributed by atoms with Gasteiger partial charge >= 0.3 is 5.97 Å². The van der Waals surface area contributed by atoms with Gasteiger partial charge in [-0.05, 0) is 0 Å². The van der Waals surface area contributed by atoms with E-state index >= 15 is 0 Å². The molecule has 2 rings (SSSR count). The molecule has 0 radical (unpaired) electrons. The van der Waals surface area contributed by atoms with Crippen LogP contribution in [-0.2, 0) is 4.74 Å². The van der Waals surface area contributed by atoms with Crippen LogP contribution in [0, 0.1) is 0 Å². The van der Waals surface area contributed by atoms with E-state index in [9.17, 15) is 4.79 Å². The van der Waals surface area contributed by atoms with Gasteiger partial charge in [-0.15, -0.1) is 0 Å². The third kappa shape index (κ3) is 1.78. The second kappa shape index (κ2) is 4.18. The van der Waals surface area contributed by atoms with Gasteiger partial charge in [0.1, 0.15) is 5.58 Å². The lowest BCUT2D eigenvalue weighted by Crippen LogP contribution is -1.97. The summed E-state index contributed by atoms with van der Waals surface area (Å²) in [6.45, 7) is 0. The van der Waals surface area contributed by atoms with E-state index in [4.69, 9.17) is 26.5 Å². The summed E-state index contributed by atoms with van der Waals surface area (Å²) in [6.07, 6.45) is 0. The van der Waals surface area contributed by atoms with Gasteiger partial charge in [0.25, 0.3) is 0 Å². The Hall–Kier alpha value is -1.88. The number of hydrogen-bond acceptors (Lipinski definition) is 5. The van der Waals surface area contributed by atoms with Crippen LogP contribution in [0.5, 0.6) is 5.75 Å². The normalized spacial score (nSPS) is 10.5. The summed E-state index contributed by atoms with van der Waals surface area (Å²) in [4.78, 5) is 11.3. The zero-order valence-corrected chi connectivity index (χ0v) is 10.00. The second-order valence-corrected chi connectivity index (χ2v) is 3.71. The molecule has 17 heavy (non-hydrogen) atoms. The third-order valence-electron chi connectivity index (χ3n) is 2.34. The molecule has 0 atom stereocenters. The molecular formula is C11H10ClNO4. The van der Waals surface area contributed by atoms with Crippen LogP contribution in [0.1, 0.15) is 10.6 Å². The van der Waals surface area contributed by atoms with E-state index in [2.05, 4.69) is 4.74 Å². The molecule has 0 bridgehead atoms. The van der Waals surface area contributed by atoms with Crippen LogP contribution >= 0.6 is 11.6 Å². The Morgan fingerprint density at radius 2 is 2.12 bits per heavy atom. The fourth-order valence-corrected chi connectivity index (χ4v) is 1.88. The topological polar surface area (TPSA) is 74.7 Å². The molecule has 2 aromatic rings. The van der Waals surface area contributed by atoms with E-state index < -0.39 is 5.97 Å². The van der Waals surface area contributed by atoms with Crippen molar-refractivity contribution < 1.29 is 18.7 Å². The SMILES string of the molecule is COC(=O)c1cc2c(Cl)c(OC)c(N)cc2o1. The summed E-state index contributed by atoms with van der Waals surface area (Å²) in [6, 6.07) is 3.04. The molecule has 0 unspecified atom stereocenters. The minimum atomic E-state index is -0.574. The van der Waals surface area contributed by atoms with Gasteiger partial charge in [0.2, 0.25) is 5.76 Å². The average Bonchev–Trinajstić information content (AvgIpc) is 2.72. The van der Waals surface area contributed by atoms with Gasteiger partial charge in [-0.3, -0.25) is 0 Å². The minimum Gasteiger partial charge on any atom is -0.493 e. The summed E-state index contributed by atoms with van der Waals surface area (Å²) in [5, 5.41) is 0.861. The molecule has 5 nitrogen and oxygen atoms in total. The second-order valence-electron chi connectivity index (χ2n) is 3.33. The predicted molar refractivity (Wildman–Crippen MR) is 63.5 cm³/mol. The molecule has 2 N–H and O–H groups in total. The number of nitrogens with two attached hydrogens (primary N) is 1. The Labute approximate surface area is 102 Å². The number of carbonyl (C=O) groups is 1. The molecular weight excluding hydrogens is 246 g/mol. The van der Waals surface area contributed by atoms with Gasteiger partial charge in [-0.2, -0.15) is 0 Å². The highest BCUT2D eigenvalue weighted by Gasteiger charge is 2.18. The van der Waals surface area contributed by atoms with Crippen LogP contribution in [0.4, 0.5) is 5.69 Å². The number of rotatable bonds is 2. The highest BCUT2D eigenvalue weighted by molar-refractivity contribution is 6.37. The number of esters is 1. The Kier molecular flexibility index (Phi) is 2.85. The number of carbonyl (C=O) groups excluding carboxylic acids is 1. The van der Waals surface area contributed by atoms with Gasteiger partial charge in [0.15, 0.2) is 5.75 Å². The molecule has 0 aliphatic rings. The summed E-state index contributed by atoms with van der Waals surface area (Å²) >= 11 is 6.09. The van der Waals surface area contributed by atoms with E-state index in [0.717, 1.165) is 0 Å². The number of benzene rings is 1. The zero-order valence-electron chi connectivity index (χ0n) is 9.24. The van der Waals surface area contributed by atoms with E-state index in [-0.39, 0.29) is 5.76 Å². The number of nitrogen functional groups attached to an aromatic ring is 1. The molecule has 0 amide bonds. The molecule has 0 saturated carbocycles. The lowest BCUT2D eigenvalue weighted by molar-refractivity contribution is 0.0567. The Balaban J connectivity index is 2.69. The molecule has 90 valence electrons. The first-order valence-electron chi connectivity index (χ1n) is 4.72. The lowest BCUT2D eigenvalue weighted by Gasteiger charge is -2.06. The molecule has 0 saturated heterocycles. The summed E-state index contributed by atoms with van der Waals surface area (Å²) < 4.78 is 14.9. The number of ether oxygens (including phenoxy) is 2. The molecule has 0 fully saturated rings. The maximum absolute atomic E-state index is 11.3. The maximum atomic E-state index is 11.3. The van der Waals surface area contributed by atoms with Crippen molar-refractivity contribution in [1.82, 2.24) is 0 Å². The van der Waals surface area contributed by atoms with Gasteiger partial charge in [-0.1, -0.05) is 11.6 Å². The standard InChI is InChI=1S/C11H10ClNO4/c1-15-10-6(13)4-7-5(9(10)12)3-8(17-7)11(14)16-2/h3-4H,13H2,1-2H3. The predicted octanol–water partition coefficient (Wildman–Crippen LogP) is 2.46. The number of anilines is 1. The lowest BCUT2D eigenvalue weighted by atomic mass is 10.2. The fourth-order valence-electron chi connectivity index (χ4n) is 1.55. The van der Waals surface area contributed by atoms with Crippen molar-refractivity contribution in [2.24, 2.45) is 0 Å². The van der Waals surface area contributed by atoms with Crippen LogP contribution in [0.3, 0.4) is 0 Å². The molecule has 0 spiro atoms. The molecule has 1 aromatic heterocycles. The van der Waals surface area contributed by atoms with E-state index in [0.29, 0.717) is 27.4 Å². The van der Waals surface area contributed by atoms with Crippen LogP contribution in [0.2, 0.25) is 5.02 Å². The van der Waals surface area contributed by atoms with Crippen molar-refractivity contribution in [3.63, 3.8) is 0 Å². The number of methoxy groups -OCH3 is 2. The van der Waals surface area contributed by atoms with E-state index in [1.165, 1.54) is 20.3 Å². The van der Waals surface area contributed by atoms with Crippen LogP contribution < -0.4 is 10.5 Å². The Bertz CT molecular complexity index is 591. The molecule has 0 aliphatic heterocycles. The highest BCUT2D eigenvalue weighted by atomic mass is 35.5. The molecule has 1 aromatic carbocycles. The fraction of sp³-hybridized carbons (Fsp3) is 0.182. The quantitative estimate of drug-likeness (QED) is 0.659. The number of furan rings is 1. The first-order chi connectivity index (χ1) is 8.08. The van der Waals surface area contributed by atoms with Crippen molar-refractivity contribution in [2.75, 3.05) is 20.0 Å². The summed E-state index contributed by atoms with van der Waals surface area (Å²) in [7, 11) is 2.73. The largest absolute Gasteiger partial charge is 0.493 e. The molecule has 6 heteroatoms. The van der Waals surface area contributed by atoms with Gasteiger partial charge in [0, 0.05) is 17.5 Å². The summed E-state index contributed by atoms with van der Waals surface area (Å²) in [5.41, 5.74) is 6.48. The monoisotopic (exact) mass is 255 g/mol. The average molecular weight is 256 g/mol. The molecule has 0 aliphatic carbocycles. The van der Waals surface area contributed by atoms with Gasteiger partial charge in [-0.25, -0.2) is 4.79 Å². The first-order valence-corrected chi connectivity index (χ1v) is 5.10. The van der Waals surface area contributed by atoms with Crippen molar-refractivity contribution in [1.29, 1.82) is 0 Å². The number of halogens is 1. The van der Waals surface area contributed by atoms with Crippen molar-refractivity contribution >= 4 is 34.2 Å². The minimum absolute atomic E-state index is 0.0667. The molecule has 1 heterocycles. The third-order valence-corrected chi connectivity index (χ3v) is 2.71. The number of hydrogen-bond donors (Lipinski definition) is 1. The van der Waals surface area contributed by atoms with E-state index in [1.807, 2.05) is 0 Å². The van der Waals surface area contributed by atoms with Crippen LogP contribution in [-0.4, -0.2) is 20.2 Å². The smallest absolute Gasteiger partial charge is 0.373 e. The number of fused-ring (bicyclic) bond motifs is 1. The van der Waals surface area contributed by atoms with Gasteiger partial charge in [0.05, 0.1) is 24.9 Å². The van der Waals surface area contributed by atoms with Crippen LogP contribution in [0.25, 0.3) is 11.0 Å². The van der Waals surface area contributed by atoms with E-state index in [1.54, 1.807) is 6.07 Å². The Morgan fingerprint density at radius 3 is 2.71 bits per heavy atom. The Morgan fingerprint density at radius 1 is 1.41 bits per heavy atom. The van der Waals surface area contributed by atoms with Crippen molar-refractivity contribution in [3.05, 3.63) is 22.9 Å². The van der Waals surface area contributed by atoms with Crippen molar-refractivity contribution in [3.8, 4) is 5.75 Å². The first kappa shape index (κ1) is 11.6. The highest BCUT2D eigenvalue weighted by Crippen LogP contribution is 2.39. The summed E-state index contributed by atoms with van der Waals surface area (Å²) in [5.74, 6) is -0.150. The van der Waals surface area contributed by atoms with Gasteiger partial charge < -0.3 is 19.6 Å². The maximum Gasteiger partial charge on any atom is 0.373 e. The van der Waals surface area contributed by atoms with Crippen LogP contribution in [0.15, 0.2) is 16.5 Å².